The van der Waals surface area contributed by atoms with E-state index in [9.17, 15) is 8.42 Å². The van der Waals surface area contributed by atoms with Crippen molar-refractivity contribution in [3.63, 3.8) is 0 Å². The van der Waals surface area contributed by atoms with Crippen molar-refractivity contribution in [2.45, 2.75) is 29.6 Å². The zero-order chi connectivity index (χ0) is 18.6. The molecule has 0 aliphatic carbocycles. The van der Waals surface area contributed by atoms with Crippen LogP contribution in [-0.2, 0) is 9.84 Å². The van der Waals surface area contributed by atoms with Crippen LogP contribution < -0.4 is 10.6 Å². The first-order valence-electron chi connectivity index (χ1n) is 8.92. The molecule has 1 aliphatic rings. The molecule has 26 heavy (non-hydrogen) atoms. The predicted molar refractivity (Wildman–Crippen MR) is 102 cm³/mol. The third kappa shape index (κ3) is 3.96. The van der Waals surface area contributed by atoms with E-state index >= 15 is 0 Å². The Bertz CT molecular complexity index is 834. The van der Waals surface area contributed by atoms with Crippen molar-refractivity contribution in [3.8, 4) is 0 Å². The van der Waals surface area contributed by atoms with Gasteiger partial charge in [0.05, 0.1) is 11.1 Å². The van der Waals surface area contributed by atoms with E-state index in [1.807, 2.05) is 0 Å². The molecule has 0 radical (unpaired) electrons. The van der Waals surface area contributed by atoms with Gasteiger partial charge in [0.2, 0.25) is 15.8 Å². The maximum atomic E-state index is 12.7. The van der Waals surface area contributed by atoms with Crippen molar-refractivity contribution in [2.24, 2.45) is 0 Å². The summed E-state index contributed by atoms with van der Waals surface area (Å²) in [5.41, 5.74) is 5.98. The minimum absolute atomic E-state index is 0.00716. The van der Waals surface area contributed by atoms with Crippen LogP contribution in [0.4, 0.5) is 11.8 Å². The first-order chi connectivity index (χ1) is 12.5. The summed E-state index contributed by atoms with van der Waals surface area (Å²) in [5.74, 6) is 0.483. The second-order valence-corrected chi connectivity index (χ2v) is 8.34. The molecule has 0 amide bonds. The van der Waals surface area contributed by atoms with Crippen LogP contribution in [0.2, 0.25) is 0 Å². The lowest BCUT2D eigenvalue weighted by Gasteiger charge is -2.34. The minimum atomic E-state index is -3.71. The molecule has 2 N–H and O–H groups in total. The number of piperazine rings is 1. The quantitative estimate of drug-likeness (QED) is 0.823. The summed E-state index contributed by atoms with van der Waals surface area (Å²) in [5, 5.41) is 0. The van der Waals surface area contributed by atoms with E-state index in [1.165, 1.54) is 31.2 Å². The first kappa shape index (κ1) is 18.6. The highest BCUT2D eigenvalue weighted by molar-refractivity contribution is 7.91. The van der Waals surface area contributed by atoms with E-state index in [-0.39, 0.29) is 15.6 Å². The second kappa shape index (κ2) is 8.01. The fourth-order valence-corrected chi connectivity index (χ4v) is 4.30. The molecule has 1 saturated heterocycles. The molecule has 1 aromatic heterocycles. The van der Waals surface area contributed by atoms with Gasteiger partial charge in [0, 0.05) is 26.2 Å². The Kier molecular flexibility index (Phi) is 5.73. The molecule has 0 saturated carbocycles. The molecule has 3 rings (SSSR count). The summed E-state index contributed by atoms with van der Waals surface area (Å²) < 4.78 is 25.4. The molecule has 7 nitrogen and oxygen atoms in total. The number of hydrogen-bond donors (Lipinski definition) is 1. The van der Waals surface area contributed by atoms with E-state index in [0.717, 1.165) is 32.7 Å². The SMILES string of the molecule is CCCCN1CCN(c2ncc(S(=O)(=O)c3ccccc3)c(N)n2)CC1. The van der Waals surface area contributed by atoms with Gasteiger partial charge in [-0.15, -0.1) is 0 Å². The van der Waals surface area contributed by atoms with Crippen molar-refractivity contribution >= 4 is 21.6 Å². The number of anilines is 2. The standard InChI is InChI=1S/C18H25N5O2S/c1-2-3-9-22-10-12-23(13-11-22)18-20-14-16(17(19)21-18)26(24,25)15-7-5-4-6-8-15/h4-8,14H,2-3,9-13H2,1H3,(H2,19,20,21). The van der Waals surface area contributed by atoms with Crippen LogP contribution in [0.3, 0.4) is 0 Å². The van der Waals surface area contributed by atoms with Crippen molar-refractivity contribution in [1.82, 2.24) is 14.9 Å². The highest BCUT2D eigenvalue weighted by Crippen LogP contribution is 2.25. The highest BCUT2D eigenvalue weighted by Gasteiger charge is 2.24. The highest BCUT2D eigenvalue weighted by atomic mass is 32.2. The summed E-state index contributed by atoms with van der Waals surface area (Å²) in [7, 11) is -3.71. The first-order valence-corrected chi connectivity index (χ1v) is 10.4. The number of aromatic nitrogens is 2. The molecular weight excluding hydrogens is 350 g/mol. The molecule has 1 fully saturated rings. The Morgan fingerprint density at radius 1 is 1.12 bits per heavy atom. The van der Waals surface area contributed by atoms with Crippen LogP contribution in [0.5, 0.6) is 0 Å². The summed E-state index contributed by atoms with van der Waals surface area (Å²) >= 11 is 0. The van der Waals surface area contributed by atoms with E-state index in [1.54, 1.807) is 18.2 Å². The third-order valence-electron chi connectivity index (χ3n) is 4.60. The molecule has 140 valence electrons. The number of rotatable bonds is 6. The number of nitrogens with zero attached hydrogens (tertiary/aromatic N) is 4. The van der Waals surface area contributed by atoms with Gasteiger partial charge in [-0.2, -0.15) is 4.98 Å². The Hall–Kier alpha value is -2.19. The molecule has 0 unspecified atom stereocenters. The maximum Gasteiger partial charge on any atom is 0.227 e. The predicted octanol–water partition coefficient (Wildman–Crippen LogP) is 1.81. The largest absolute Gasteiger partial charge is 0.382 e. The molecule has 0 spiro atoms. The Balaban J connectivity index is 1.75. The van der Waals surface area contributed by atoms with Crippen molar-refractivity contribution < 1.29 is 8.42 Å². The zero-order valence-electron chi connectivity index (χ0n) is 15.0. The number of hydrogen-bond acceptors (Lipinski definition) is 7. The van der Waals surface area contributed by atoms with Gasteiger partial charge in [-0.05, 0) is 25.1 Å². The van der Waals surface area contributed by atoms with Crippen LogP contribution in [0.15, 0.2) is 46.3 Å². The molecule has 0 bridgehead atoms. The van der Waals surface area contributed by atoms with Gasteiger partial charge in [0.25, 0.3) is 0 Å². The van der Waals surface area contributed by atoms with E-state index in [0.29, 0.717) is 5.95 Å². The van der Waals surface area contributed by atoms with Gasteiger partial charge in [-0.25, -0.2) is 13.4 Å². The van der Waals surface area contributed by atoms with E-state index in [2.05, 4.69) is 26.7 Å². The Morgan fingerprint density at radius 2 is 1.81 bits per heavy atom. The lowest BCUT2D eigenvalue weighted by atomic mass is 10.2. The zero-order valence-corrected chi connectivity index (χ0v) is 15.8. The van der Waals surface area contributed by atoms with Crippen LogP contribution in [0.1, 0.15) is 19.8 Å². The summed E-state index contributed by atoms with van der Waals surface area (Å²) in [4.78, 5) is 13.2. The molecular formula is C18H25N5O2S. The monoisotopic (exact) mass is 375 g/mol. The minimum Gasteiger partial charge on any atom is -0.382 e. The van der Waals surface area contributed by atoms with Crippen LogP contribution in [0.25, 0.3) is 0 Å². The molecule has 8 heteroatoms. The lowest BCUT2D eigenvalue weighted by molar-refractivity contribution is 0.253. The van der Waals surface area contributed by atoms with Crippen molar-refractivity contribution in [1.29, 1.82) is 0 Å². The Labute approximate surface area is 154 Å². The lowest BCUT2D eigenvalue weighted by Crippen LogP contribution is -2.47. The average molecular weight is 375 g/mol. The maximum absolute atomic E-state index is 12.7. The number of sulfone groups is 1. The second-order valence-electron chi connectivity index (χ2n) is 6.42. The number of nitrogen functional groups attached to an aromatic ring is 1. The normalized spacial score (nSPS) is 16.0. The van der Waals surface area contributed by atoms with E-state index < -0.39 is 9.84 Å². The van der Waals surface area contributed by atoms with Crippen molar-refractivity contribution in [2.75, 3.05) is 43.4 Å². The van der Waals surface area contributed by atoms with Gasteiger partial charge in [-0.3, -0.25) is 4.90 Å². The van der Waals surface area contributed by atoms with Crippen LogP contribution in [0, 0.1) is 0 Å². The van der Waals surface area contributed by atoms with Crippen LogP contribution >= 0.6 is 0 Å². The van der Waals surface area contributed by atoms with Gasteiger partial charge in [-0.1, -0.05) is 31.5 Å². The van der Waals surface area contributed by atoms with Gasteiger partial charge in [0.15, 0.2) is 0 Å². The van der Waals surface area contributed by atoms with Gasteiger partial charge < -0.3 is 10.6 Å². The number of nitrogens with two attached hydrogens (primary N) is 1. The number of benzene rings is 1. The summed E-state index contributed by atoms with van der Waals surface area (Å²) in [6, 6.07) is 8.20. The van der Waals surface area contributed by atoms with Gasteiger partial charge in [0.1, 0.15) is 10.7 Å². The fourth-order valence-electron chi connectivity index (χ4n) is 3.01. The Morgan fingerprint density at radius 3 is 2.42 bits per heavy atom. The van der Waals surface area contributed by atoms with E-state index in [4.69, 9.17) is 5.73 Å². The molecule has 0 atom stereocenters. The molecule has 1 aromatic carbocycles. The summed E-state index contributed by atoms with van der Waals surface area (Å²) in [6.07, 6.45) is 3.72. The third-order valence-corrected chi connectivity index (χ3v) is 6.38. The molecule has 2 aromatic rings. The number of unbranched alkanes of at least 4 members (excludes halogenated alkanes) is 1. The van der Waals surface area contributed by atoms with Crippen LogP contribution in [-0.4, -0.2) is 56.0 Å². The average Bonchev–Trinajstić information content (AvgIpc) is 2.67. The van der Waals surface area contributed by atoms with Crippen molar-refractivity contribution in [3.05, 3.63) is 36.5 Å². The summed E-state index contributed by atoms with van der Waals surface area (Å²) in [6.45, 7) is 6.84. The van der Waals surface area contributed by atoms with Gasteiger partial charge >= 0.3 is 0 Å². The molecule has 2 heterocycles. The molecule has 1 aliphatic heterocycles. The smallest absolute Gasteiger partial charge is 0.227 e. The topological polar surface area (TPSA) is 92.4 Å². The fraction of sp³-hybridized carbons (Fsp3) is 0.444.